The number of anilines is 2. The number of benzene rings is 1. The lowest BCUT2D eigenvalue weighted by Gasteiger charge is -2.35. The second kappa shape index (κ2) is 8.90. The number of hydrogen-bond acceptors (Lipinski definition) is 5. The average molecular weight is 469 g/mol. The molecule has 2 heterocycles. The molecule has 2 N–H and O–H groups in total. The summed E-state index contributed by atoms with van der Waals surface area (Å²) in [6, 6.07) is 10.1. The summed E-state index contributed by atoms with van der Waals surface area (Å²) in [6.07, 6.45) is 6.43. The predicted molar refractivity (Wildman–Crippen MR) is 117 cm³/mol. The van der Waals surface area contributed by atoms with E-state index in [2.05, 4.69) is 4.98 Å². The minimum Gasteiger partial charge on any atom is -0.399 e. The molecule has 4 rings (SSSR count). The number of sulfonamides is 1. The van der Waals surface area contributed by atoms with Gasteiger partial charge in [0.05, 0.1) is 12.2 Å². The van der Waals surface area contributed by atoms with Crippen molar-refractivity contribution in [1.82, 2.24) is 9.29 Å². The van der Waals surface area contributed by atoms with Gasteiger partial charge in [-0.1, -0.05) is 43.9 Å². The molecule has 32 heavy (non-hydrogen) atoms. The molecule has 1 fully saturated rings. The third kappa shape index (κ3) is 4.71. The lowest BCUT2D eigenvalue weighted by Crippen LogP contribution is -2.47. The summed E-state index contributed by atoms with van der Waals surface area (Å²) in [5.41, 5.74) is 3.08. The lowest BCUT2D eigenvalue weighted by atomic mass is 9.96. The van der Waals surface area contributed by atoms with Crippen molar-refractivity contribution in [3.05, 3.63) is 53.9 Å². The summed E-state index contributed by atoms with van der Waals surface area (Å²) in [5, 5.41) is 0. The molecule has 0 radical (unpaired) electrons. The van der Waals surface area contributed by atoms with Crippen LogP contribution in [0.15, 0.2) is 42.6 Å². The summed E-state index contributed by atoms with van der Waals surface area (Å²) in [5.74, 6) is 0.358. The van der Waals surface area contributed by atoms with Gasteiger partial charge in [0.1, 0.15) is 0 Å². The Morgan fingerprint density at radius 1 is 1.12 bits per heavy atom. The second-order valence-corrected chi connectivity index (χ2v) is 10.5. The maximum atomic E-state index is 13.5. The number of fused-ring (bicyclic) bond motifs is 1. The highest BCUT2D eigenvalue weighted by molar-refractivity contribution is 7.89. The second-order valence-electron chi connectivity index (χ2n) is 8.62. The van der Waals surface area contributed by atoms with E-state index in [1.165, 1.54) is 0 Å². The monoisotopic (exact) mass is 468 g/mol. The van der Waals surface area contributed by atoms with Crippen molar-refractivity contribution in [2.75, 3.05) is 17.2 Å². The van der Waals surface area contributed by atoms with Gasteiger partial charge in [-0.2, -0.15) is 17.5 Å². The van der Waals surface area contributed by atoms with E-state index < -0.39 is 21.6 Å². The van der Waals surface area contributed by atoms with Crippen molar-refractivity contribution in [2.45, 2.75) is 56.7 Å². The van der Waals surface area contributed by atoms with Crippen molar-refractivity contribution in [3.8, 4) is 0 Å². The summed E-state index contributed by atoms with van der Waals surface area (Å²) in [4.78, 5) is 6.39. The molecule has 6 nitrogen and oxygen atoms in total. The maximum absolute atomic E-state index is 13.5. The quantitative estimate of drug-likeness (QED) is 0.709. The first-order valence-corrected chi connectivity index (χ1v) is 12.2. The van der Waals surface area contributed by atoms with Crippen LogP contribution in [-0.4, -0.2) is 35.8 Å². The van der Waals surface area contributed by atoms with E-state index in [0.29, 0.717) is 40.1 Å². The Bertz CT molecular complexity index is 1060. The normalized spacial score (nSPS) is 20.8. The van der Waals surface area contributed by atoms with Crippen molar-refractivity contribution in [2.24, 2.45) is 5.92 Å². The number of hydrogen-bond donors (Lipinski definition) is 1. The van der Waals surface area contributed by atoms with Crippen LogP contribution < -0.4 is 10.6 Å². The molecule has 10 heteroatoms. The van der Waals surface area contributed by atoms with Crippen LogP contribution in [0.4, 0.5) is 24.5 Å². The molecular formula is C22H27F3N4O2S. The van der Waals surface area contributed by atoms with Crippen LogP contribution in [0.3, 0.4) is 0 Å². The molecule has 1 unspecified atom stereocenters. The van der Waals surface area contributed by atoms with Gasteiger partial charge in [-0.25, -0.2) is 8.42 Å². The van der Waals surface area contributed by atoms with Crippen molar-refractivity contribution >= 4 is 21.4 Å². The van der Waals surface area contributed by atoms with Crippen molar-refractivity contribution < 1.29 is 21.6 Å². The van der Waals surface area contributed by atoms with Crippen molar-refractivity contribution in [3.63, 3.8) is 0 Å². The number of nitrogens with two attached hydrogens (primary N) is 1. The molecular weight excluding hydrogens is 441 g/mol. The van der Waals surface area contributed by atoms with Gasteiger partial charge in [-0.3, -0.25) is 4.98 Å². The van der Waals surface area contributed by atoms with Crippen molar-refractivity contribution in [1.29, 1.82) is 0 Å². The van der Waals surface area contributed by atoms with Gasteiger partial charge in [0.15, 0.2) is 0 Å². The molecule has 174 valence electrons. The van der Waals surface area contributed by atoms with Crippen LogP contribution in [0, 0.1) is 5.92 Å². The van der Waals surface area contributed by atoms with Gasteiger partial charge < -0.3 is 10.6 Å². The summed E-state index contributed by atoms with van der Waals surface area (Å²) < 4.78 is 65.9. The number of pyridine rings is 1. The molecule has 2 aromatic rings. The molecule has 2 aliphatic rings. The Morgan fingerprint density at radius 3 is 2.53 bits per heavy atom. The maximum Gasteiger partial charge on any atom is 0.511 e. The number of aromatic nitrogens is 1. The minimum absolute atomic E-state index is 0.227. The zero-order valence-corrected chi connectivity index (χ0v) is 18.4. The van der Waals surface area contributed by atoms with Gasteiger partial charge in [-0.05, 0) is 36.1 Å². The fourth-order valence-electron chi connectivity index (χ4n) is 4.84. The molecule has 1 aliphatic heterocycles. The highest BCUT2D eigenvalue weighted by atomic mass is 32.2. The molecule has 0 saturated heterocycles. The summed E-state index contributed by atoms with van der Waals surface area (Å²) in [6.45, 7) is -0.214. The molecule has 0 bridgehead atoms. The van der Waals surface area contributed by atoms with E-state index >= 15 is 0 Å². The Hall–Kier alpha value is -2.33. The standard InChI is InChI=1S/C22H27F3N4O2S/c23-22(24,25)32(30,31)28-13-17-7-3-4-8-21(17)29(14-19-12-18(26)9-10-27-19)20(15-28)11-16-5-1-2-6-16/h3-4,7-10,12,16,20H,1-2,5-6,11,13-15H2,(H2,26,27). The molecule has 0 spiro atoms. The first-order chi connectivity index (χ1) is 15.1. The Kier molecular flexibility index (Phi) is 6.35. The molecule has 1 aliphatic carbocycles. The summed E-state index contributed by atoms with van der Waals surface area (Å²) >= 11 is 0. The topological polar surface area (TPSA) is 79.5 Å². The predicted octanol–water partition coefficient (Wildman–Crippen LogP) is 4.28. The Morgan fingerprint density at radius 2 is 1.84 bits per heavy atom. The fourth-order valence-corrected chi connectivity index (χ4v) is 5.81. The van der Waals surface area contributed by atoms with Crippen LogP contribution in [-0.2, 0) is 23.1 Å². The van der Waals surface area contributed by atoms with E-state index in [1.54, 1.807) is 30.5 Å². The first-order valence-electron chi connectivity index (χ1n) is 10.8. The third-order valence-corrected chi connectivity index (χ3v) is 7.93. The molecule has 1 saturated carbocycles. The Labute approximate surface area is 186 Å². The van der Waals surface area contributed by atoms with Crippen LogP contribution in [0.1, 0.15) is 43.4 Å². The fraction of sp³-hybridized carbons (Fsp3) is 0.500. The van der Waals surface area contributed by atoms with E-state index in [-0.39, 0.29) is 13.1 Å². The highest BCUT2D eigenvalue weighted by Gasteiger charge is 2.51. The smallest absolute Gasteiger partial charge is 0.399 e. The zero-order valence-electron chi connectivity index (χ0n) is 17.6. The minimum atomic E-state index is -5.46. The molecule has 1 atom stereocenters. The van der Waals surface area contributed by atoms with Crippen LogP contribution in [0.5, 0.6) is 0 Å². The average Bonchev–Trinajstić information content (AvgIpc) is 3.18. The number of para-hydroxylation sites is 1. The summed E-state index contributed by atoms with van der Waals surface area (Å²) in [7, 11) is -5.46. The lowest BCUT2D eigenvalue weighted by molar-refractivity contribution is -0.0492. The van der Waals surface area contributed by atoms with E-state index in [1.807, 2.05) is 17.0 Å². The molecule has 0 amide bonds. The van der Waals surface area contributed by atoms with E-state index in [4.69, 9.17) is 5.73 Å². The van der Waals surface area contributed by atoms with E-state index in [0.717, 1.165) is 31.4 Å². The van der Waals surface area contributed by atoms with Crippen LogP contribution >= 0.6 is 0 Å². The van der Waals surface area contributed by atoms with Gasteiger partial charge in [0, 0.05) is 36.7 Å². The van der Waals surface area contributed by atoms with E-state index in [9.17, 15) is 21.6 Å². The largest absolute Gasteiger partial charge is 0.511 e. The molecule has 1 aromatic heterocycles. The zero-order chi connectivity index (χ0) is 22.9. The van der Waals surface area contributed by atoms with Crippen LogP contribution in [0.2, 0.25) is 0 Å². The SMILES string of the molecule is Nc1ccnc(CN2c3ccccc3CN(S(=O)(=O)C(F)(F)F)CC2CC2CCCC2)c1. The number of halogens is 3. The van der Waals surface area contributed by atoms with Crippen LogP contribution in [0.25, 0.3) is 0 Å². The molecule has 1 aromatic carbocycles. The first kappa shape index (κ1) is 22.8. The number of rotatable bonds is 5. The number of nitrogen functional groups attached to an aromatic ring is 1. The van der Waals surface area contributed by atoms with Gasteiger partial charge in [0.2, 0.25) is 0 Å². The number of alkyl halides is 3. The third-order valence-electron chi connectivity index (χ3n) is 6.39. The van der Waals surface area contributed by atoms with Gasteiger partial charge in [-0.15, -0.1) is 0 Å². The number of nitrogens with zero attached hydrogens (tertiary/aromatic N) is 3. The highest BCUT2D eigenvalue weighted by Crippen LogP contribution is 2.38. The van der Waals surface area contributed by atoms with Gasteiger partial charge >= 0.3 is 15.5 Å². The van der Waals surface area contributed by atoms with Gasteiger partial charge in [0.25, 0.3) is 0 Å². The Balaban J connectivity index is 1.76.